The standard InChI is InChI=1S/C23H26N2O4/c1-17-21(28-16-18-5-3-2-4-6-18)8-7-19-20(27)15-22(29-23(17)19)25-11-9-24(10-12-25)13-14-26/h2-8,15,26H,9-14,16H2,1H3. The van der Waals surface area contributed by atoms with Gasteiger partial charge in [-0.05, 0) is 24.6 Å². The highest BCUT2D eigenvalue weighted by molar-refractivity contribution is 5.82. The van der Waals surface area contributed by atoms with Crippen molar-refractivity contribution in [2.75, 3.05) is 44.2 Å². The normalized spacial score (nSPS) is 15.0. The number of nitrogens with zero attached hydrogens (tertiary/aromatic N) is 2. The number of piperazine rings is 1. The van der Waals surface area contributed by atoms with E-state index < -0.39 is 0 Å². The highest BCUT2D eigenvalue weighted by atomic mass is 16.5. The SMILES string of the molecule is Cc1c(OCc2ccccc2)ccc2c(=O)cc(N3CCN(CCO)CC3)oc12. The number of rotatable bonds is 6. The molecule has 1 saturated heterocycles. The van der Waals surface area contributed by atoms with Crippen LogP contribution in [0.15, 0.2) is 57.7 Å². The molecule has 1 aliphatic heterocycles. The molecule has 2 heterocycles. The molecule has 2 aromatic carbocycles. The monoisotopic (exact) mass is 394 g/mol. The van der Waals surface area contributed by atoms with Crippen molar-refractivity contribution in [1.82, 2.24) is 4.90 Å². The number of hydrogen-bond acceptors (Lipinski definition) is 6. The highest BCUT2D eigenvalue weighted by Crippen LogP contribution is 2.29. The Kier molecular flexibility index (Phi) is 5.83. The molecule has 1 aromatic heterocycles. The van der Waals surface area contributed by atoms with Gasteiger partial charge < -0.3 is 19.2 Å². The molecule has 3 aromatic rings. The van der Waals surface area contributed by atoms with Crippen LogP contribution < -0.4 is 15.1 Å². The van der Waals surface area contributed by atoms with Gasteiger partial charge in [0.05, 0.1) is 12.0 Å². The lowest BCUT2D eigenvalue weighted by Crippen LogP contribution is -2.47. The molecule has 0 unspecified atom stereocenters. The van der Waals surface area contributed by atoms with E-state index in [1.165, 1.54) is 0 Å². The summed E-state index contributed by atoms with van der Waals surface area (Å²) in [6, 6.07) is 15.2. The number of β-amino-alcohol motifs (C(OH)–C–C–N with tert-alkyl or cyclic N) is 1. The minimum absolute atomic E-state index is 0.0447. The second-order valence-corrected chi connectivity index (χ2v) is 7.34. The summed E-state index contributed by atoms with van der Waals surface area (Å²) in [5.41, 5.74) is 2.45. The van der Waals surface area contributed by atoms with Crippen LogP contribution in [0, 0.1) is 6.92 Å². The number of fused-ring (bicyclic) bond motifs is 1. The van der Waals surface area contributed by atoms with Crippen molar-refractivity contribution in [3.63, 3.8) is 0 Å². The van der Waals surface area contributed by atoms with Gasteiger partial charge >= 0.3 is 0 Å². The van der Waals surface area contributed by atoms with Crippen LogP contribution in [0.2, 0.25) is 0 Å². The summed E-state index contributed by atoms with van der Waals surface area (Å²) < 4.78 is 12.2. The Morgan fingerprint density at radius 2 is 1.83 bits per heavy atom. The van der Waals surface area contributed by atoms with Crippen LogP contribution in [0.25, 0.3) is 11.0 Å². The van der Waals surface area contributed by atoms with Gasteiger partial charge in [0.15, 0.2) is 11.3 Å². The molecule has 0 saturated carbocycles. The van der Waals surface area contributed by atoms with E-state index in [4.69, 9.17) is 14.3 Å². The van der Waals surface area contributed by atoms with Crippen LogP contribution in [-0.4, -0.2) is 49.3 Å². The Hall–Kier alpha value is -2.83. The molecule has 1 N–H and O–H groups in total. The molecule has 0 aliphatic carbocycles. The van der Waals surface area contributed by atoms with Crippen molar-refractivity contribution < 1.29 is 14.3 Å². The van der Waals surface area contributed by atoms with Crippen LogP contribution in [-0.2, 0) is 6.61 Å². The second-order valence-electron chi connectivity index (χ2n) is 7.34. The van der Waals surface area contributed by atoms with E-state index in [0.717, 1.165) is 43.1 Å². The topological polar surface area (TPSA) is 66.2 Å². The molecule has 0 bridgehead atoms. The fraction of sp³-hybridized carbons (Fsp3) is 0.348. The first-order valence-electron chi connectivity index (χ1n) is 9.98. The molecule has 0 spiro atoms. The van der Waals surface area contributed by atoms with Crippen molar-refractivity contribution >= 4 is 16.9 Å². The maximum atomic E-state index is 12.7. The minimum atomic E-state index is -0.0447. The van der Waals surface area contributed by atoms with E-state index in [1.807, 2.05) is 43.3 Å². The fourth-order valence-electron chi connectivity index (χ4n) is 3.70. The number of ether oxygens (including phenoxy) is 1. The summed E-state index contributed by atoms with van der Waals surface area (Å²) >= 11 is 0. The largest absolute Gasteiger partial charge is 0.488 e. The molecule has 1 fully saturated rings. The Morgan fingerprint density at radius 3 is 2.55 bits per heavy atom. The Bertz CT molecular complexity index is 1020. The summed E-state index contributed by atoms with van der Waals surface area (Å²) in [5.74, 6) is 1.31. The summed E-state index contributed by atoms with van der Waals surface area (Å²) in [6.45, 7) is 6.42. The van der Waals surface area contributed by atoms with Crippen LogP contribution in [0.1, 0.15) is 11.1 Å². The second kappa shape index (κ2) is 8.68. The van der Waals surface area contributed by atoms with Gasteiger partial charge in [-0.1, -0.05) is 30.3 Å². The van der Waals surface area contributed by atoms with E-state index in [9.17, 15) is 4.79 Å². The lowest BCUT2D eigenvalue weighted by Gasteiger charge is -2.34. The zero-order valence-corrected chi connectivity index (χ0v) is 16.6. The fourth-order valence-corrected chi connectivity index (χ4v) is 3.70. The highest BCUT2D eigenvalue weighted by Gasteiger charge is 2.20. The molecule has 1 aliphatic rings. The number of anilines is 1. The first kappa shape index (κ1) is 19.5. The lowest BCUT2D eigenvalue weighted by molar-refractivity contribution is 0.187. The van der Waals surface area contributed by atoms with Crippen LogP contribution in [0.5, 0.6) is 5.75 Å². The van der Waals surface area contributed by atoms with Crippen LogP contribution in [0.3, 0.4) is 0 Å². The van der Waals surface area contributed by atoms with Crippen molar-refractivity contribution in [3.8, 4) is 5.75 Å². The van der Waals surface area contributed by atoms with E-state index >= 15 is 0 Å². The third-order valence-corrected chi connectivity index (χ3v) is 5.42. The van der Waals surface area contributed by atoms with Crippen LogP contribution in [0.4, 0.5) is 5.88 Å². The predicted molar refractivity (Wildman–Crippen MR) is 114 cm³/mol. The first-order valence-corrected chi connectivity index (χ1v) is 9.98. The molecule has 0 atom stereocenters. The van der Waals surface area contributed by atoms with E-state index in [1.54, 1.807) is 12.1 Å². The summed E-state index contributed by atoms with van der Waals surface area (Å²) in [6.07, 6.45) is 0. The van der Waals surface area contributed by atoms with E-state index in [2.05, 4.69) is 9.80 Å². The average Bonchev–Trinajstić information content (AvgIpc) is 2.75. The molecular weight excluding hydrogens is 368 g/mol. The van der Waals surface area contributed by atoms with Gasteiger partial charge in [0.2, 0.25) is 0 Å². The van der Waals surface area contributed by atoms with Crippen molar-refractivity contribution in [2.24, 2.45) is 0 Å². The van der Waals surface area contributed by atoms with Gasteiger partial charge in [-0.2, -0.15) is 0 Å². The summed E-state index contributed by atoms with van der Waals surface area (Å²) in [7, 11) is 0. The molecule has 0 amide bonds. The van der Waals surface area contributed by atoms with E-state index in [0.29, 0.717) is 30.0 Å². The van der Waals surface area contributed by atoms with E-state index in [-0.39, 0.29) is 12.0 Å². The lowest BCUT2D eigenvalue weighted by atomic mass is 10.1. The Labute approximate surface area is 169 Å². The molecule has 152 valence electrons. The summed E-state index contributed by atoms with van der Waals surface area (Å²) in [4.78, 5) is 17.0. The van der Waals surface area contributed by atoms with Gasteiger partial charge in [-0.25, -0.2) is 0 Å². The number of benzene rings is 2. The number of hydrogen-bond donors (Lipinski definition) is 1. The van der Waals surface area contributed by atoms with Crippen LogP contribution >= 0.6 is 0 Å². The minimum Gasteiger partial charge on any atom is -0.488 e. The van der Waals surface area contributed by atoms with Gasteiger partial charge in [-0.3, -0.25) is 9.69 Å². The molecule has 29 heavy (non-hydrogen) atoms. The third-order valence-electron chi connectivity index (χ3n) is 5.42. The van der Waals surface area contributed by atoms with Crippen molar-refractivity contribution in [1.29, 1.82) is 0 Å². The molecule has 4 rings (SSSR count). The van der Waals surface area contributed by atoms with Gasteiger partial charge in [-0.15, -0.1) is 0 Å². The zero-order valence-electron chi connectivity index (χ0n) is 16.6. The number of aliphatic hydroxyl groups is 1. The summed E-state index contributed by atoms with van der Waals surface area (Å²) in [5, 5.41) is 9.67. The first-order chi connectivity index (χ1) is 14.2. The molecule has 6 heteroatoms. The van der Waals surface area contributed by atoms with Crippen molar-refractivity contribution in [3.05, 3.63) is 69.9 Å². The molecular formula is C23H26N2O4. The Balaban J connectivity index is 1.58. The zero-order chi connectivity index (χ0) is 20.2. The number of aryl methyl sites for hydroxylation is 1. The third kappa shape index (κ3) is 4.28. The maximum Gasteiger partial charge on any atom is 0.200 e. The predicted octanol–water partition coefficient (Wildman–Crippen LogP) is 2.79. The maximum absolute atomic E-state index is 12.7. The van der Waals surface area contributed by atoms with Crippen molar-refractivity contribution in [2.45, 2.75) is 13.5 Å². The average molecular weight is 394 g/mol. The van der Waals surface area contributed by atoms with Gasteiger partial charge in [0.25, 0.3) is 0 Å². The Morgan fingerprint density at radius 1 is 1.07 bits per heavy atom. The van der Waals surface area contributed by atoms with Gasteiger partial charge in [0.1, 0.15) is 17.9 Å². The molecule has 6 nitrogen and oxygen atoms in total. The quantitative estimate of drug-likeness (QED) is 0.694. The van der Waals surface area contributed by atoms with Gasteiger partial charge in [0, 0.05) is 44.4 Å². The molecule has 0 radical (unpaired) electrons. The number of aliphatic hydroxyl groups excluding tert-OH is 1. The smallest absolute Gasteiger partial charge is 0.200 e.